The summed E-state index contributed by atoms with van der Waals surface area (Å²) in [6.07, 6.45) is 1.72. The first-order chi connectivity index (χ1) is 14.9. The fourth-order valence-electron chi connectivity index (χ4n) is 3.53. The third-order valence-electron chi connectivity index (χ3n) is 5.18. The van der Waals surface area contributed by atoms with Crippen molar-refractivity contribution in [2.45, 2.75) is 44.7 Å². The number of unbranched alkanes of at least 4 members (excludes halogenated alkanes) is 1. The van der Waals surface area contributed by atoms with E-state index in [2.05, 4.69) is 10.3 Å². The van der Waals surface area contributed by atoms with E-state index in [-0.39, 0.29) is 18.2 Å². The predicted octanol–water partition coefficient (Wildman–Crippen LogP) is 2.23. The predicted molar refractivity (Wildman–Crippen MR) is 117 cm³/mol. The van der Waals surface area contributed by atoms with Gasteiger partial charge in [-0.15, -0.1) is 0 Å². The number of carbonyl (C=O) groups is 2. The van der Waals surface area contributed by atoms with Gasteiger partial charge in [0.2, 0.25) is 5.91 Å². The van der Waals surface area contributed by atoms with Gasteiger partial charge in [-0.25, -0.2) is 14.2 Å². The van der Waals surface area contributed by atoms with Crippen LogP contribution in [0, 0.1) is 0 Å². The number of hydrogen-bond acceptors (Lipinski definition) is 4. The van der Waals surface area contributed by atoms with Crippen LogP contribution in [0.3, 0.4) is 0 Å². The van der Waals surface area contributed by atoms with Crippen molar-refractivity contribution in [3.05, 3.63) is 81.0 Å². The first-order valence-electron chi connectivity index (χ1n) is 10.2. The third-order valence-corrected chi connectivity index (χ3v) is 5.18. The summed E-state index contributed by atoms with van der Waals surface area (Å²) in [4.78, 5) is 53.4. The maximum atomic E-state index is 13.2. The Morgan fingerprint density at radius 3 is 2.42 bits per heavy atom. The molecule has 3 N–H and O–H groups in total. The van der Waals surface area contributed by atoms with Gasteiger partial charge in [0.15, 0.2) is 0 Å². The zero-order chi connectivity index (χ0) is 22.4. The molecule has 0 aliphatic carbocycles. The lowest BCUT2D eigenvalue weighted by Gasteiger charge is -2.22. The van der Waals surface area contributed by atoms with E-state index in [1.807, 2.05) is 13.0 Å². The van der Waals surface area contributed by atoms with Crippen LogP contribution in [0.25, 0.3) is 10.9 Å². The number of hydrogen-bond donors (Lipinski definition) is 3. The fourth-order valence-corrected chi connectivity index (χ4v) is 3.53. The molecule has 8 nitrogen and oxygen atoms in total. The number of aromatic nitrogens is 2. The van der Waals surface area contributed by atoms with Crippen LogP contribution in [0.5, 0.6) is 0 Å². The number of amides is 1. The normalized spacial score (nSPS) is 12.9. The van der Waals surface area contributed by atoms with Crippen molar-refractivity contribution in [3.63, 3.8) is 0 Å². The SMILES string of the molecule is CCCCC(NC(=O)[C@@H](Cc1ccccc1)n1c(=O)[nH]c2ccccc2c1=O)C(=O)O. The van der Waals surface area contributed by atoms with Gasteiger partial charge in [-0.1, -0.05) is 62.2 Å². The largest absolute Gasteiger partial charge is 0.480 e. The van der Waals surface area contributed by atoms with Crippen LogP contribution in [0.1, 0.15) is 37.8 Å². The minimum Gasteiger partial charge on any atom is -0.480 e. The van der Waals surface area contributed by atoms with Gasteiger partial charge in [0, 0.05) is 6.42 Å². The van der Waals surface area contributed by atoms with Crippen LogP contribution in [0.4, 0.5) is 0 Å². The van der Waals surface area contributed by atoms with E-state index >= 15 is 0 Å². The number of rotatable bonds is 9. The van der Waals surface area contributed by atoms with Crippen molar-refractivity contribution < 1.29 is 14.7 Å². The van der Waals surface area contributed by atoms with E-state index in [1.165, 1.54) is 0 Å². The molecule has 1 amide bonds. The summed E-state index contributed by atoms with van der Waals surface area (Å²) < 4.78 is 0.878. The number of para-hydroxylation sites is 1. The Bertz CT molecular complexity index is 1180. The van der Waals surface area contributed by atoms with Crippen molar-refractivity contribution in [3.8, 4) is 0 Å². The molecule has 0 saturated carbocycles. The summed E-state index contributed by atoms with van der Waals surface area (Å²) in [7, 11) is 0. The standard InChI is InChI=1S/C23H25N3O5/c1-2-3-12-18(22(29)30)24-20(27)19(14-15-9-5-4-6-10-15)26-21(28)16-11-7-8-13-17(16)25-23(26)31/h4-11,13,18-19H,2-3,12,14H2,1H3,(H,24,27)(H,25,31)(H,29,30)/t18?,19-/m1/s1. The van der Waals surface area contributed by atoms with Crippen LogP contribution in [-0.2, 0) is 16.0 Å². The number of carboxylic acids is 1. The second-order valence-electron chi connectivity index (χ2n) is 7.40. The quantitative estimate of drug-likeness (QED) is 0.487. The molecular formula is C23H25N3O5. The number of carbonyl (C=O) groups excluding carboxylic acids is 1. The van der Waals surface area contributed by atoms with Crippen LogP contribution in [0.2, 0.25) is 0 Å². The highest BCUT2D eigenvalue weighted by Gasteiger charge is 2.29. The van der Waals surface area contributed by atoms with E-state index in [1.54, 1.807) is 48.5 Å². The number of aliphatic carboxylic acids is 1. The zero-order valence-corrected chi connectivity index (χ0v) is 17.2. The van der Waals surface area contributed by atoms with E-state index in [9.17, 15) is 24.3 Å². The molecule has 0 radical (unpaired) electrons. The fraction of sp³-hybridized carbons (Fsp3) is 0.304. The van der Waals surface area contributed by atoms with E-state index in [0.717, 1.165) is 16.6 Å². The number of nitrogens with one attached hydrogen (secondary N) is 2. The molecule has 31 heavy (non-hydrogen) atoms. The molecule has 2 atom stereocenters. The smallest absolute Gasteiger partial charge is 0.329 e. The molecule has 0 saturated heterocycles. The minimum atomic E-state index is -1.20. The molecule has 162 valence electrons. The summed E-state index contributed by atoms with van der Waals surface area (Å²) in [5, 5.41) is 12.3. The molecule has 0 aliphatic rings. The molecule has 1 unspecified atom stereocenters. The van der Waals surface area contributed by atoms with Crippen molar-refractivity contribution in [1.82, 2.24) is 14.9 Å². The average Bonchev–Trinajstić information content (AvgIpc) is 2.76. The van der Waals surface area contributed by atoms with Crippen molar-refractivity contribution in [2.75, 3.05) is 0 Å². The summed E-state index contributed by atoms with van der Waals surface area (Å²) in [6.45, 7) is 1.92. The molecule has 0 fully saturated rings. The van der Waals surface area contributed by atoms with Gasteiger partial charge in [0.25, 0.3) is 5.56 Å². The van der Waals surface area contributed by atoms with Crippen LogP contribution < -0.4 is 16.6 Å². The van der Waals surface area contributed by atoms with Gasteiger partial charge in [-0.3, -0.25) is 9.59 Å². The summed E-state index contributed by atoms with van der Waals surface area (Å²) >= 11 is 0. The minimum absolute atomic E-state index is 0.0636. The van der Waals surface area contributed by atoms with Gasteiger partial charge < -0.3 is 15.4 Å². The molecule has 2 aromatic carbocycles. The molecule has 1 aromatic heterocycles. The number of fused-ring (bicyclic) bond motifs is 1. The van der Waals surface area contributed by atoms with Crippen molar-refractivity contribution in [1.29, 1.82) is 0 Å². The summed E-state index contributed by atoms with van der Waals surface area (Å²) in [5.74, 6) is -1.84. The molecule has 1 heterocycles. The highest BCUT2D eigenvalue weighted by Crippen LogP contribution is 2.14. The monoisotopic (exact) mass is 423 g/mol. The third kappa shape index (κ3) is 5.09. The van der Waals surface area contributed by atoms with Crippen LogP contribution >= 0.6 is 0 Å². The molecule has 0 aliphatic heterocycles. The van der Waals surface area contributed by atoms with Crippen molar-refractivity contribution in [2.24, 2.45) is 0 Å². The lowest BCUT2D eigenvalue weighted by atomic mass is 10.0. The lowest BCUT2D eigenvalue weighted by Crippen LogP contribution is -2.49. The van der Waals surface area contributed by atoms with E-state index in [0.29, 0.717) is 11.9 Å². The second kappa shape index (κ2) is 9.88. The number of nitrogens with zero attached hydrogens (tertiary/aromatic N) is 1. The Balaban J connectivity index is 2.06. The Hall–Kier alpha value is -3.68. The topological polar surface area (TPSA) is 121 Å². The Kier molecular flexibility index (Phi) is 7.02. The molecule has 0 spiro atoms. The molecule has 3 aromatic rings. The van der Waals surface area contributed by atoms with Crippen LogP contribution in [-0.4, -0.2) is 32.6 Å². The maximum Gasteiger partial charge on any atom is 0.329 e. The highest BCUT2D eigenvalue weighted by molar-refractivity contribution is 5.86. The molecule has 8 heteroatoms. The van der Waals surface area contributed by atoms with Gasteiger partial charge >= 0.3 is 11.7 Å². The molecule has 0 bridgehead atoms. The van der Waals surface area contributed by atoms with Gasteiger partial charge in [0.05, 0.1) is 10.9 Å². The Labute approximate surface area is 178 Å². The number of benzene rings is 2. The number of carboxylic acid groups (broad SMARTS) is 1. The first kappa shape index (κ1) is 22.0. The summed E-state index contributed by atoms with van der Waals surface area (Å²) in [5.41, 5.74) is -0.211. The number of H-pyrrole nitrogens is 1. The highest BCUT2D eigenvalue weighted by atomic mass is 16.4. The maximum absolute atomic E-state index is 13.2. The lowest BCUT2D eigenvalue weighted by molar-refractivity contribution is -0.142. The second-order valence-corrected chi connectivity index (χ2v) is 7.40. The molecular weight excluding hydrogens is 398 g/mol. The Morgan fingerprint density at radius 2 is 1.74 bits per heavy atom. The molecule has 3 rings (SSSR count). The van der Waals surface area contributed by atoms with Gasteiger partial charge in [0.1, 0.15) is 12.1 Å². The summed E-state index contributed by atoms with van der Waals surface area (Å²) in [6, 6.07) is 13.2. The van der Waals surface area contributed by atoms with E-state index in [4.69, 9.17) is 0 Å². The van der Waals surface area contributed by atoms with Crippen LogP contribution in [0.15, 0.2) is 64.2 Å². The van der Waals surface area contributed by atoms with Gasteiger partial charge in [-0.2, -0.15) is 0 Å². The van der Waals surface area contributed by atoms with Crippen molar-refractivity contribution >= 4 is 22.8 Å². The Morgan fingerprint density at radius 1 is 1.06 bits per heavy atom. The average molecular weight is 423 g/mol. The van der Waals surface area contributed by atoms with E-state index < -0.39 is 35.2 Å². The number of aromatic amines is 1. The first-order valence-corrected chi connectivity index (χ1v) is 10.2. The van der Waals surface area contributed by atoms with Gasteiger partial charge in [-0.05, 0) is 24.1 Å². The zero-order valence-electron chi connectivity index (χ0n) is 17.2.